The zero-order valence-corrected chi connectivity index (χ0v) is 7.16. The van der Waals surface area contributed by atoms with Crippen molar-refractivity contribution in [2.24, 2.45) is 12.8 Å². The van der Waals surface area contributed by atoms with Gasteiger partial charge in [-0.2, -0.15) is 5.10 Å². The normalized spacial score (nSPS) is 10.2. The second-order valence-electron chi connectivity index (χ2n) is 2.77. The predicted octanol–water partition coefficient (Wildman–Crippen LogP) is -0.120. The SMILES string of the molecule is Cn1cc(CCC(=O)CN)cn1. The van der Waals surface area contributed by atoms with E-state index in [0.717, 1.165) is 12.0 Å². The lowest BCUT2D eigenvalue weighted by Gasteiger charge is -1.93. The molecule has 1 aromatic heterocycles. The standard InChI is InChI=1S/C8H13N3O/c1-11-6-7(5-10-11)2-3-8(12)4-9/h5-6H,2-4,9H2,1H3. The highest BCUT2D eigenvalue weighted by Gasteiger charge is 2.00. The summed E-state index contributed by atoms with van der Waals surface area (Å²) in [6.45, 7) is 0.139. The molecule has 0 spiro atoms. The molecule has 66 valence electrons. The van der Waals surface area contributed by atoms with Crippen molar-refractivity contribution in [2.45, 2.75) is 12.8 Å². The molecular formula is C8H13N3O. The maximum atomic E-state index is 10.8. The van der Waals surface area contributed by atoms with E-state index in [1.54, 1.807) is 10.9 Å². The number of nitrogens with two attached hydrogens (primary N) is 1. The molecule has 12 heavy (non-hydrogen) atoms. The number of hydrogen-bond acceptors (Lipinski definition) is 3. The van der Waals surface area contributed by atoms with E-state index in [0.29, 0.717) is 6.42 Å². The Morgan fingerprint density at radius 2 is 2.50 bits per heavy atom. The summed E-state index contributed by atoms with van der Waals surface area (Å²) in [7, 11) is 1.86. The number of Topliss-reactive ketones (excluding diaryl/α,β-unsaturated/α-hetero) is 1. The summed E-state index contributed by atoms with van der Waals surface area (Å²) >= 11 is 0. The van der Waals surface area contributed by atoms with E-state index < -0.39 is 0 Å². The lowest BCUT2D eigenvalue weighted by Crippen LogP contribution is -2.13. The zero-order valence-electron chi connectivity index (χ0n) is 7.16. The van der Waals surface area contributed by atoms with Gasteiger partial charge in [0.05, 0.1) is 12.7 Å². The fraction of sp³-hybridized carbons (Fsp3) is 0.500. The van der Waals surface area contributed by atoms with Gasteiger partial charge >= 0.3 is 0 Å². The lowest BCUT2D eigenvalue weighted by atomic mass is 10.1. The Balaban J connectivity index is 2.38. The summed E-state index contributed by atoms with van der Waals surface area (Å²) in [5.74, 6) is 0.0962. The quantitative estimate of drug-likeness (QED) is 0.680. The van der Waals surface area contributed by atoms with Crippen LogP contribution in [0.4, 0.5) is 0 Å². The maximum Gasteiger partial charge on any atom is 0.146 e. The monoisotopic (exact) mass is 167 g/mol. The van der Waals surface area contributed by atoms with Gasteiger partial charge in [-0.15, -0.1) is 0 Å². The Hall–Kier alpha value is -1.16. The van der Waals surface area contributed by atoms with Crippen LogP contribution in [-0.4, -0.2) is 22.1 Å². The third-order valence-corrected chi connectivity index (χ3v) is 1.68. The van der Waals surface area contributed by atoms with E-state index in [2.05, 4.69) is 5.10 Å². The minimum Gasteiger partial charge on any atom is -0.324 e. The van der Waals surface area contributed by atoms with Crippen molar-refractivity contribution in [3.63, 3.8) is 0 Å². The fourth-order valence-electron chi connectivity index (χ4n) is 0.987. The summed E-state index contributed by atoms with van der Waals surface area (Å²) in [5, 5.41) is 3.99. The van der Waals surface area contributed by atoms with Crippen molar-refractivity contribution in [1.82, 2.24) is 9.78 Å². The second-order valence-corrected chi connectivity index (χ2v) is 2.77. The number of rotatable bonds is 4. The van der Waals surface area contributed by atoms with E-state index in [-0.39, 0.29) is 12.3 Å². The van der Waals surface area contributed by atoms with Gasteiger partial charge in [0.2, 0.25) is 0 Å². The van der Waals surface area contributed by atoms with Gasteiger partial charge in [0, 0.05) is 19.7 Å². The van der Waals surface area contributed by atoms with Gasteiger partial charge in [-0.05, 0) is 12.0 Å². The second kappa shape index (κ2) is 4.01. The molecule has 0 aromatic carbocycles. The van der Waals surface area contributed by atoms with Crippen molar-refractivity contribution >= 4 is 5.78 Å². The number of ketones is 1. The molecule has 0 bridgehead atoms. The average molecular weight is 167 g/mol. The molecule has 0 unspecified atom stereocenters. The van der Waals surface area contributed by atoms with Crippen LogP contribution in [-0.2, 0) is 18.3 Å². The summed E-state index contributed by atoms with van der Waals surface area (Å²) in [6.07, 6.45) is 4.93. The predicted molar refractivity (Wildman–Crippen MR) is 45.6 cm³/mol. The molecular weight excluding hydrogens is 154 g/mol. The maximum absolute atomic E-state index is 10.8. The van der Waals surface area contributed by atoms with Crippen LogP contribution < -0.4 is 5.73 Å². The van der Waals surface area contributed by atoms with Crippen molar-refractivity contribution in [2.75, 3.05) is 6.54 Å². The van der Waals surface area contributed by atoms with Crippen molar-refractivity contribution in [3.05, 3.63) is 18.0 Å². The minimum absolute atomic E-state index is 0.0962. The first-order chi connectivity index (χ1) is 5.72. The van der Waals surface area contributed by atoms with Gasteiger partial charge in [0.1, 0.15) is 5.78 Å². The van der Waals surface area contributed by atoms with Gasteiger partial charge in [-0.1, -0.05) is 0 Å². The molecule has 0 aliphatic heterocycles. The molecule has 4 nitrogen and oxygen atoms in total. The topological polar surface area (TPSA) is 60.9 Å². The van der Waals surface area contributed by atoms with Gasteiger partial charge in [0.25, 0.3) is 0 Å². The first kappa shape index (κ1) is 8.93. The van der Waals surface area contributed by atoms with Crippen LogP contribution >= 0.6 is 0 Å². The molecule has 1 heterocycles. The highest BCUT2D eigenvalue weighted by molar-refractivity contribution is 5.80. The Kier molecular flexibility index (Phi) is 2.99. The molecule has 2 N–H and O–H groups in total. The van der Waals surface area contributed by atoms with E-state index in [1.165, 1.54) is 0 Å². The Morgan fingerprint density at radius 3 is 3.00 bits per heavy atom. The Bertz CT molecular complexity index is 267. The van der Waals surface area contributed by atoms with Gasteiger partial charge in [-0.3, -0.25) is 9.48 Å². The van der Waals surface area contributed by atoms with E-state index >= 15 is 0 Å². The highest BCUT2D eigenvalue weighted by atomic mass is 16.1. The smallest absolute Gasteiger partial charge is 0.146 e. The molecule has 0 aliphatic carbocycles. The third-order valence-electron chi connectivity index (χ3n) is 1.68. The van der Waals surface area contributed by atoms with Crippen molar-refractivity contribution < 1.29 is 4.79 Å². The van der Waals surface area contributed by atoms with Gasteiger partial charge in [-0.25, -0.2) is 0 Å². The van der Waals surface area contributed by atoms with Crippen LogP contribution in [0.3, 0.4) is 0 Å². The van der Waals surface area contributed by atoms with Crippen LogP contribution in [0.15, 0.2) is 12.4 Å². The molecule has 1 aromatic rings. The number of nitrogens with zero attached hydrogens (tertiary/aromatic N) is 2. The first-order valence-electron chi connectivity index (χ1n) is 3.91. The largest absolute Gasteiger partial charge is 0.324 e. The fourth-order valence-corrected chi connectivity index (χ4v) is 0.987. The van der Waals surface area contributed by atoms with Crippen LogP contribution in [0.2, 0.25) is 0 Å². The number of aromatic nitrogens is 2. The number of aryl methyl sites for hydroxylation is 2. The Labute approximate surface area is 71.4 Å². The van der Waals surface area contributed by atoms with E-state index in [1.807, 2.05) is 13.2 Å². The molecule has 0 radical (unpaired) electrons. The van der Waals surface area contributed by atoms with Crippen LogP contribution in [0.1, 0.15) is 12.0 Å². The van der Waals surface area contributed by atoms with Crippen molar-refractivity contribution in [3.8, 4) is 0 Å². The lowest BCUT2D eigenvalue weighted by molar-refractivity contribution is -0.117. The van der Waals surface area contributed by atoms with Gasteiger partial charge in [0.15, 0.2) is 0 Å². The van der Waals surface area contributed by atoms with E-state index in [4.69, 9.17) is 5.73 Å². The van der Waals surface area contributed by atoms with Crippen molar-refractivity contribution in [1.29, 1.82) is 0 Å². The Morgan fingerprint density at radius 1 is 1.75 bits per heavy atom. The molecule has 1 rings (SSSR count). The number of hydrogen-bond donors (Lipinski definition) is 1. The molecule has 0 saturated heterocycles. The molecule has 0 saturated carbocycles. The van der Waals surface area contributed by atoms with Crippen LogP contribution in [0.5, 0.6) is 0 Å². The average Bonchev–Trinajstić information content (AvgIpc) is 2.47. The summed E-state index contributed by atoms with van der Waals surface area (Å²) in [5.41, 5.74) is 6.25. The molecule has 0 amide bonds. The van der Waals surface area contributed by atoms with Crippen LogP contribution in [0, 0.1) is 0 Å². The summed E-state index contributed by atoms with van der Waals surface area (Å²) in [4.78, 5) is 10.8. The van der Waals surface area contributed by atoms with Crippen LogP contribution in [0.25, 0.3) is 0 Å². The van der Waals surface area contributed by atoms with Gasteiger partial charge < -0.3 is 5.73 Å². The number of carbonyl (C=O) groups excluding carboxylic acids is 1. The molecule has 0 atom stereocenters. The minimum atomic E-state index is 0.0962. The third kappa shape index (κ3) is 2.47. The molecule has 4 heteroatoms. The summed E-state index contributed by atoms with van der Waals surface area (Å²) in [6, 6.07) is 0. The van der Waals surface area contributed by atoms with E-state index in [9.17, 15) is 4.79 Å². The highest BCUT2D eigenvalue weighted by Crippen LogP contribution is 2.00. The first-order valence-corrected chi connectivity index (χ1v) is 3.91. The molecule has 0 aliphatic rings. The zero-order chi connectivity index (χ0) is 8.97. The number of carbonyl (C=O) groups is 1. The summed E-state index contributed by atoms with van der Waals surface area (Å²) < 4.78 is 1.72. The molecule has 0 fully saturated rings.